The minimum Gasteiger partial charge on any atom is -0.350 e. The lowest BCUT2D eigenvalue weighted by atomic mass is 10.3. The van der Waals surface area contributed by atoms with E-state index in [0.717, 1.165) is 22.7 Å². The number of benzene rings is 1. The van der Waals surface area contributed by atoms with Gasteiger partial charge in [0, 0.05) is 6.20 Å². The number of H-pyrrole nitrogens is 1. The lowest BCUT2D eigenvalue weighted by molar-refractivity contribution is 0.991. The van der Waals surface area contributed by atoms with Gasteiger partial charge in [-0.25, -0.2) is 15.0 Å². The maximum atomic E-state index is 4.42. The number of rotatable bonds is 3. The molecule has 5 nitrogen and oxygen atoms in total. The Balaban J connectivity index is 1.77. The Morgan fingerprint density at radius 2 is 2.12 bits per heavy atom. The summed E-state index contributed by atoms with van der Waals surface area (Å²) in [6.45, 7) is 0.627. The van der Waals surface area contributed by atoms with Crippen LogP contribution in [0.5, 0.6) is 0 Å². The summed E-state index contributed by atoms with van der Waals surface area (Å²) in [5.41, 5.74) is 2.91. The summed E-state index contributed by atoms with van der Waals surface area (Å²) in [4.78, 5) is 15.6. The van der Waals surface area contributed by atoms with E-state index in [1.807, 2.05) is 30.3 Å². The fourth-order valence-electron chi connectivity index (χ4n) is 1.63. The Hall–Kier alpha value is -2.43. The molecule has 2 heterocycles. The number of hydrogen-bond donors (Lipinski definition) is 2. The van der Waals surface area contributed by atoms with Crippen molar-refractivity contribution in [1.29, 1.82) is 0 Å². The molecule has 0 bridgehead atoms. The lowest BCUT2D eigenvalue weighted by Crippen LogP contribution is -2.02. The number of nitrogens with zero attached hydrogens (tertiary/aromatic N) is 3. The molecule has 2 N–H and O–H groups in total. The first-order valence-corrected chi connectivity index (χ1v) is 5.35. The van der Waals surface area contributed by atoms with Gasteiger partial charge in [0.05, 0.1) is 23.3 Å². The smallest absolute Gasteiger partial charge is 0.201 e. The summed E-state index contributed by atoms with van der Waals surface area (Å²) in [6, 6.07) is 9.79. The van der Waals surface area contributed by atoms with Gasteiger partial charge in [-0.15, -0.1) is 0 Å². The molecule has 0 unspecified atom stereocenters. The summed E-state index contributed by atoms with van der Waals surface area (Å²) in [5, 5.41) is 3.19. The third-order valence-corrected chi connectivity index (χ3v) is 2.47. The number of anilines is 1. The summed E-state index contributed by atoms with van der Waals surface area (Å²) in [5.74, 6) is 0.754. The molecule has 0 aliphatic rings. The van der Waals surface area contributed by atoms with Crippen LogP contribution in [0.1, 0.15) is 5.69 Å². The summed E-state index contributed by atoms with van der Waals surface area (Å²) in [7, 11) is 0. The first-order valence-electron chi connectivity index (χ1n) is 5.35. The highest BCUT2D eigenvalue weighted by Crippen LogP contribution is 2.13. The van der Waals surface area contributed by atoms with Crippen molar-refractivity contribution < 1.29 is 0 Å². The largest absolute Gasteiger partial charge is 0.350 e. The van der Waals surface area contributed by atoms with Gasteiger partial charge in [0.1, 0.15) is 6.33 Å². The van der Waals surface area contributed by atoms with E-state index in [-0.39, 0.29) is 0 Å². The van der Waals surface area contributed by atoms with Crippen LogP contribution in [0.25, 0.3) is 11.0 Å². The van der Waals surface area contributed by atoms with E-state index in [2.05, 4.69) is 25.3 Å². The topological polar surface area (TPSA) is 66.5 Å². The van der Waals surface area contributed by atoms with E-state index in [9.17, 15) is 0 Å². The number of aromatic amines is 1. The van der Waals surface area contributed by atoms with E-state index in [4.69, 9.17) is 0 Å². The average Bonchev–Trinajstić information content (AvgIpc) is 2.80. The average molecular weight is 225 g/mol. The number of fused-ring (bicyclic) bond motifs is 1. The van der Waals surface area contributed by atoms with Crippen LogP contribution in [0.3, 0.4) is 0 Å². The molecule has 0 radical (unpaired) electrons. The summed E-state index contributed by atoms with van der Waals surface area (Å²) >= 11 is 0. The Morgan fingerprint density at radius 1 is 1.18 bits per heavy atom. The highest BCUT2D eigenvalue weighted by Gasteiger charge is 2.01. The minimum absolute atomic E-state index is 0.627. The number of aromatic nitrogens is 4. The summed E-state index contributed by atoms with van der Waals surface area (Å²) < 4.78 is 0. The Morgan fingerprint density at radius 3 is 2.94 bits per heavy atom. The van der Waals surface area contributed by atoms with Gasteiger partial charge < -0.3 is 10.3 Å². The molecule has 0 amide bonds. The van der Waals surface area contributed by atoms with Gasteiger partial charge in [-0.1, -0.05) is 12.1 Å². The van der Waals surface area contributed by atoms with Crippen LogP contribution in [-0.4, -0.2) is 19.9 Å². The quantitative estimate of drug-likeness (QED) is 0.715. The molecule has 3 rings (SSSR count). The van der Waals surface area contributed by atoms with Crippen molar-refractivity contribution in [3.63, 3.8) is 0 Å². The molecule has 84 valence electrons. The van der Waals surface area contributed by atoms with Gasteiger partial charge in [-0.3, -0.25) is 0 Å². The lowest BCUT2D eigenvalue weighted by Gasteiger charge is -2.00. The van der Waals surface area contributed by atoms with Gasteiger partial charge in [-0.05, 0) is 18.2 Å². The molecule has 0 aliphatic carbocycles. The maximum Gasteiger partial charge on any atom is 0.201 e. The molecule has 17 heavy (non-hydrogen) atoms. The van der Waals surface area contributed by atoms with E-state index in [1.165, 1.54) is 6.33 Å². The third-order valence-electron chi connectivity index (χ3n) is 2.47. The fourth-order valence-corrected chi connectivity index (χ4v) is 1.63. The normalized spacial score (nSPS) is 10.6. The molecule has 1 aromatic carbocycles. The molecular weight excluding hydrogens is 214 g/mol. The number of imidazole rings is 1. The first kappa shape index (κ1) is 9.77. The summed E-state index contributed by atoms with van der Waals surface area (Å²) in [6.07, 6.45) is 3.26. The minimum atomic E-state index is 0.627. The zero-order chi connectivity index (χ0) is 11.5. The van der Waals surface area contributed by atoms with E-state index >= 15 is 0 Å². The van der Waals surface area contributed by atoms with Crippen LogP contribution in [0.4, 0.5) is 5.95 Å². The Kier molecular flexibility index (Phi) is 2.42. The van der Waals surface area contributed by atoms with Crippen molar-refractivity contribution in [2.24, 2.45) is 0 Å². The van der Waals surface area contributed by atoms with E-state index < -0.39 is 0 Å². The fraction of sp³-hybridized carbons (Fsp3) is 0.0833. The standard InChI is InChI=1S/C12H11N5/c1-2-4-11-10(3-1)16-12(17-11)14-7-9-5-6-13-8-15-9/h1-6,8H,7H2,(H2,14,16,17). The van der Waals surface area contributed by atoms with E-state index in [0.29, 0.717) is 6.54 Å². The molecule has 0 saturated heterocycles. The van der Waals surface area contributed by atoms with Crippen LogP contribution < -0.4 is 5.32 Å². The second-order valence-electron chi connectivity index (χ2n) is 3.66. The maximum absolute atomic E-state index is 4.42. The highest BCUT2D eigenvalue weighted by molar-refractivity contribution is 5.77. The van der Waals surface area contributed by atoms with Crippen molar-refractivity contribution in [3.05, 3.63) is 48.5 Å². The molecular formula is C12H11N5. The van der Waals surface area contributed by atoms with Crippen LogP contribution in [0, 0.1) is 0 Å². The monoisotopic (exact) mass is 225 g/mol. The zero-order valence-corrected chi connectivity index (χ0v) is 9.09. The first-order chi connectivity index (χ1) is 8.42. The molecule has 5 heteroatoms. The molecule has 0 spiro atoms. The number of hydrogen-bond acceptors (Lipinski definition) is 4. The predicted molar refractivity (Wildman–Crippen MR) is 65.5 cm³/mol. The Bertz CT molecular complexity index is 584. The highest BCUT2D eigenvalue weighted by atomic mass is 15.1. The Labute approximate surface area is 98.0 Å². The predicted octanol–water partition coefficient (Wildman–Crippen LogP) is 1.96. The third kappa shape index (κ3) is 2.08. The number of para-hydroxylation sites is 2. The zero-order valence-electron chi connectivity index (χ0n) is 9.09. The van der Waals surface area contributed by atoms with Gasteiger partial charge in [-0.2, -0.15) is 0 Å². The molecule has 0 aliphatic heterocycles. The van der Waals surface area contributed by atoms with Crippen molar-refractivity contribution in [3.8, 4) is 0 Å². The van der Waals surface area contributed by atoms with Crippen molar-refractivity contribution >= 4 is 17.0 Å². The van der Waals surface area contributed by atoms with Crippen molar-refractivity contribution in [1.82, 2.24) is 19.9 Å². The molecule has 0 fully saturated rings. The van der Waals surface area contributed by atoms with Crippen LogP contribution in [-0.2, 0) is 6.54 Å². The molecule has 0 saturated carbocycles. The van der Waals surface area contributed by atoms with Crippen LogP contribution >= 0.6 is 0 Å². The van der Waals surface area contributed by atoms with Crippen LogP contribution in [0.2, 0.25) is 0 Å². The second-order valence-corrected chi connectivity index (χ2v) is 3.66. The van der Waals surface area contributed by atoms with Gasteiger partial charge in [0.2, 0.25) is 5.95 Å². The molecule has 2 aromatic heterocycles. The van der Waals surface area contributed by atoms with E-state index in [1.54, 1.807) is 6.20 Å². The molecule has 0 atom stereocenters. The van der Waals surface area contributed by atoms with Crippen molar-refractivity contribution in [2.45, 2.75) is 6.54 Å². The van der Waals surface area contributed by atoms with Crippen LogP contribution in [0.15, 0.2) is 42.9 Å². The van der Waals surface area contributed by atoms with Crippen molar-refractivity contribution in [2.75, 3.05) is 5.32 Å². The molecule has 3 aromatic rings. The van der Waals surface area contributed by atoms with Gasteiger partial charge in [0.25, 0.3) is 0 Å². The van der Waals surface area contributed by atoms with Gasteiger partial charge >= 0.3 is 0 Å². The SMILES string of the molecule is c1ccc2[nH]c(NCc3ccncn3)nc2c1. The van der Waals surface area contributed by atoms with Gasteiger partial charge in [0.15, 0.2) is 0 Å². The number of nitrogens with one attached hydrogen (secondary N) is 2. The second kappa shape index (κ2) is 4.21.